The van der Waals surface area contributed by atoms with Gasteiger partial charge < -0.3 is 8.84 Å². The number of hydrogen-bond donors (Lipinski definition) is 0. The maximum Gasteiger partial charge on any atom is 0.333 e. The smallest absolute Gasteiger partial charge is 0.333 e. The van der Waals surface area contributed by atoms with Crippen LogP contribution in [0, 0.1) is 0 Å². The Kier molecular flexibility index (Phi) is 14.3. The van der Waals surface area contributed by atoms with E-state index in [0.717, 1.165) is 25.3 Å². The van der Waals surface area contributed by atoms with Gasteiger partial charge >= 0.3 is 5.97 Å². The Hall–Kier alpha value is -0.643. The van der Waals surface area contributed by atoms with Gasteiger partial charge in [0.25, 0.3) is 0 Å². The molecule has 0 aromatic rings. The van der Waals surface area contributed by atoms with Gasteiger partial charge in [0.2, 0.25) is 8.41 Å². The summed E-state index contributed by atoms with van der Waals surface area (Å²) in [5.41, 5.74) is 0.475. The number of ether oxygens (including phenoxy) is 1. The summed E-state index contributed by atoms with van der Waals surface area (Å²) >= 11 is 0. The van der Waals surface area contributed by atoms with Crippen molar-refractivity contribution in [3.63, 3.8) is 0 Å². The van der Waals surface area contributed by atoms with Gasteiger partial charge in [-0.25, -0.2) is 4.79 Å². The normalized spacial score (nSPS) is 11.5. The lowest BCUT2D eigenvalue weighted by atomic mass is 10.1. The van der Waals surface area contributed by atoms with E-state index in [9.17, 15) is 8.90 Å². The highest BCUT2D eigenvalue weighted by Gasteiger charge is 2.18. The predicted octanol–water partition coefficient (Wildman–Crippen LogP) is 6.96. The SMILES string of the molecule is C=C(C)C(=O)OCCCCCCCCCCCCCC[Si](C)(C)F. The molecule has 0 rings (SSSR count). The van der Waals surface area contributed by atoms with E-state index in [-0.39, 0.29) is 5.97 Å². The maximum absolute atomic E-state index is 13.4. The second kappa shape index (κ2) is 14.7. The molecule has 4 heteroatoms. The first-order chi connectivity index (χ1) is 11.3. The molecule has 0 N–H and O–H groups in total. The van der Waals surface area contributed by atoms with Crippen molar-refractivity contribution in [2.75, 3.05) is 6.61 Å². The van der Waals surface area contributed by atoms with Gasteiger partial charge in [-0.3, -0.25) is 0 Å². The molecule has 0 aliphatic carbocycles. The van der Waals surface area contributed by atoms with Crippen molar-refractivity contribution < 1.29 is 13.6 Å². The zero-order chi connectivity index (χ0) is 18.3. The molecule has 0 spiro atoms. The molecule has 0 bridgehead atoms. The lowest BCUT2D eigenvalue weighted by Crippen LogP contribution is -2.16. The van der Waals surface area contributed by atoms with Crippen molar-refractivity contribution in [1.82, 2.24) is 0 Å². The van der Waals surface area contributed by atoms with Gasteiger partial charge in [-0.2, -0.15) is 0 Å². The molecule has 2 nitrogen and oxygen atoms in total. The average molecular weight is 359 g/mol. The lowest BCUT2D eigenvalue weighted by Gasteiger charge is -2.09. The number of halogens is 1. The first-order valence-corrected chi connectivity index (χ1v) is 12.9. The summed E-state index contributed by atoms with van der Waals surface area (Å²) < 4.78 is 18.5. The Morgan fingerprint density at radius 3 is 1.58 bits per heavy atom. The van der Waals surface area contributed by atoms with Crippen molar-refractivity contribution in [1.29, 1.82) is 0 Å². The van der Waals surface area contributed by atoms with E-state index in [0.29, 0.717) is 12.2 Å². The molecule has 0 amide bonds. The first-order valence-electron chi connectivity index (χ1n) is 9.84. The molecule has 0 aromatic carbocycles. The summed E-state index contributed by atoms with van der Waals surface area (Å²) in [5, 5.41) is 0. The molecule has 0 aliphatic rings. The highest BCUT2D eigenvalue weighted by molar-refractivity contribution is 6.70. The van der Waals surface area contributed by atoms with Gasteiger partial charge in [-0.1, -0.05) is 77.2 Å². The second-order valence-corrected chi connectivity index (χ2v) is 11.6. The number of rotatable bonds is 16. The minimum atomic E-state index is -2.30. The largest absolute Gasteiger partial charge is 0.462 e. The third kappa shape index (κ3) is 17.7. The van der Waals surface area contributed by atoms with Crippen LogP contribution >= 0.6 is 0 Å². The van der Waals surface area contributed by atoms with Crippen LogP contribution in [-0.2, 0) is 9.53 Å². The van der Waals surface area contributed by atoms with Gasteiger partial charge in [0.1, 0.15) is 0 Å². The molecule has 0 saturated carbocycles. The summed E-state index contributed by atoms with van der Waals surface area (Å²) in [4.78, 5) is 11.2. The third-order valence-electron chi connectivity index (χ3n) is 4.25. The van der Waals surface area contributed by atoms with Crippen LogP contribution in [0.15, 0.2) is 12.2 Å². The molecule has 142 valence electrons. The van der Waals surface area contributed by atoms with Crippen molar-refractivity contribution in [2.24, 2.45) is 0 Å². The van der Waals surface area contributed by atoms with Crippen LogP contribution in [-0.4, -0.2) is 21.0 Å². The van der Waals surface area contributed by atoms with E-state index in [4.69, 9.17) is 4.74 Å². The van der Waals surface area contributed by atoms with Crippen LogP contribution in [0.1, 0.15) is 84.0 Å². The van der Waals surface area contributed by atoms with Gasteiger partial charge in [0, 0.05) is 5.57 Å². The van der Waals surface area contributed by atoms with Crippen LogP contribution in [0.2, 0.25) is 19.1 Å². The molecule has 0 heterocycles. The van der Waals surface area contributed by atoms with E-state index in [2.05, 4.69) is 6.58 Å². The fourth-order valence-electron chi connectivity index (χ4n) is 2.70. The van der Waals surface area contributed by atoms with E-state index in [1.165, 1.54) is 57.8 Å². The minimum absolute atomic E-state index is 0.273. The number of hydrogen-bond acceptors (Lipinski definition) is 2. The molecular formula is C20H39FO2Si. The summed E-state index contributed by atoms with van der Waals surface area (Å²) in [6.45, 7) is 9.37. The first kappa shape index (κ1) is 23.4. The monoisotopic (exact) mass is 358 g/mol. The van der Waals surface area contributed by atoms with E-state index < -0.39 is 8.41 Å². The van der Waals surface area contributed by atoms with E-state index in [1.807, 2.05) is 13.1 Å². The van der Waals surface area contributed by atoms with Crippen LogP contribution in [0.4, 0.5) is 4.11 Å². The zero-order valence-corrected chi connectivity index (χ0v) is 17.3. The number of unbranched alkanes of at least 4 members (excludes halogenated alkanes) is 11. The highest BCUT2D eigenvalue weighted by Crippen LogP contribution is 2.17. The van der Waals surface area contributed by atoms with Crippen LogP contribution in [0.5, 0.6) is 0 Å². The molecule has 0 unspecified atom stereocenters. The van der Waals surface area contributed by atoms with Gasteiger partial charge in [-0.15, -0.1) is 0 Å². The molecule has 0 atom stereocenters. The summed E-state index contributed by atoms with van der Waals surface area (Å²) in [6.07, 6.45) is 14.8. The van der Waals surface area contributed by atoms with Crippen molar-refractivity contribution in [3.8, 4) is 0 Å². The molecule has 0 aromatic heterocycles. The zero-order valence-electron chi connectivity index (χ0n) is 16.3. The highest BCUT2D eigenvalue weighted by atomic mass is 28.4. The Labute approximate surface area is 150 Å². The Morgan fingerprint density at radius 2 is 1.21 bits per heavy atom. The number of carbonyl (C=O) groups excluding carboxylic acids is 1. The summed E-state index contributed by atoms with van der Waals surface area (Å²) in [7, 11) is -2.30. The standard InChI is InChI=1S/C20H39FO2Si/c1-19(2)20(22)23-17-15-13-11-9-7-5-6-8-10-12-14-16-18-24(3,4)21/h1,5-18H2,2-4H3. The molecule has 0 aliphatic heterocycles. The fourth-order valence-corrected chi connectivity index (χ4v) is 3.79. The van der Waals surface area contributed by atoms with Gasteiger partial charge in [-0.05, 0) is 32.5 Å². The quantitative estimate of drug-likeness (QED) is 0.0979. The molecule has 0 fully saturated rings. The van der Waals surface area contributed by atoms with Crippen LogP contribution in [0.3, 0.4) is 0 Å². The third-order valence-corrected chi connectivity index (χ3v) is 5.79. The van der Waals surface area contributed by atoms with Gasteiger partial charge in [0.05, 0.1) is 6.61 Å². The minimum Gasteiger partial charge on any atom is -0.462 e. The molecule has 0 saturated heterocycles. The Morgan fingerprint density at radius 1 is 0.833 bits per heavy atom. The average Bonchev–Trinajstić information content (AvgIpc) is 2.49. The van der Waals surface area contributed by atoms with E-state index >= 15 is 0 Å². The van der Waals surface area contributed by atoms with E-state index in [1.54, 1.807) is 6.92 Å². The Bertz CT molecular complexity index is 337. The van der Waals surface area contributed by atoms with Crippen molar-refractivity contribution in [3.05, 3.63) is 12.2 Å². The Balaban J connectivity index is 3.13. The summed E-state index contributed by atoms with van der Waals surface area (Å²) in [5.74, 6) is -0.273. The predicted molar refractivity (Wildman–Crippen MR) is 105 cm³/mol. The number of carbonyl (C=O) groups is 1. The van der Waals surface area contributed by atoms with Gasteiger partial charge in [0.15, 0.2) is 0 Å². The van der Waals surface area contributed by atoms with Crippen LogP contribution in [0.25, 0.3) is 0 Å². The molecular weight excluding hydrogens is 319 g/mol. The summed E-state index contributed by atoms with van der Waals surface area (Å²) in [6, 6.07) is 0.833. The lowest BCUT2D eigenvalue weighted by molar-refractivity contribution is -0.139. The maximum atomic E-state index is 13.4. The van der Waals surface area contributed by atoms with Crippen LogP contribution < -0.4 is 0 Å². The van der Waals surface area contributed by atoms with Crippen molar-refractivity contribution >= 4 is 14.4 Å². The molecule has 0 radical (unpaired) electrons. The fraction of sp³-hybridized carbons (Fsp3) is 0.850. The second-order valence-electron chi connectivity index (χ2n) is 7.63. The molecule has 24 heavy (non-hydrogen) atoms. The topological polar surface area (TPSA) is 26.3 Å². The number of esters is 1. The van der Waals surface area contributed by atoms with Crippen molar-refractivity contribution in [2.45, 2.75) is 103 Å².